The SMILES string of the molecule is Cc1cccc(C(=O)N2CCCN(C(=O)c3ccccc3N)CC2)c1. The van der Waals surface area contributed by atoms with Crippen molar-refractivity contribution in [2.24, 2.45) is 0 Å². The second-order valence-corrected chi connectivity index (χ2v) is 6.39. The number of aryl methyl sites for hydroxylation is 1. The molecule has 0 radical (unpaired) electrons. The fourth-order valence-corrected chi connectivity index (χ4v) is 3.15. The molecular weight excluding hydrogens is 314 g/mol. The number of amides is 2. The Morgan fingerprint density at radius 1 is 0.880 bits per heavy atom. The highest BCUT2D eigenvalue weighted by Gasteiger charge is 2.24. The second-order valence-electron chi connectivity index (χ2n) is 6.39. The Morgan fingerprint density at radius 2 is 1.56 bits per heavy atom. The lowest BCUT2D eigenvalue weighted by atomic mass is 10.1. The van der Waals surface area contributed by atoms with Gasteiger partial charge in [-0.3, -0.25) is 9.59 Å². The molecule has 0 aromatic heterocycles. The lowest BCUT2D eigenvalue weighted by Gasteiger charge is -2.23. The van der Waals surface area contributed by atoms with Crippen LogP contribution >= 0.6 is 0 Å². The van der Waals surface area contributed by atoms with Gasteiger partial charge in [0.15, 0.2) is 0 Å². The molecule has 0 unspecified atom stereocenters. The van der Waals surface area contributed by atoms with E-state index in [0.717, 1.165) is 12.0 Å². The van der Waals surface area contributed by atoms with Crippen molar-refractivity contribution in [2.75, 3.05) is 31.9 Å². The quantitative estimate of drug-likeness (QED) is 0.857. The van der Waals surface area contributed by atoms with Crippen molar-refractivity contribution in [3.8, 4) is 0 Å². The van der Waals surface area contributed by atoms with Crippen LogP contribution in [0, 0.1) is 6.92 Å². The number of nitrogens with zero attached hydrogens (tertiary/aromatic N) is 2. The largest absolute Gasteiger partial charge is 0.398 e. The molecule has 0 bridgehead atoms. The lowest BCUT2D eigenvalue weighted by molar-refractivity contribution is 0.0719. The first-order valence-electron chi connectivity index (χ1n) is 8.56. The van der Waals surface area contributed by atoms with Crippen molar-refractivity contribution in [1.29, 1.82) is 0 Å². The fourth-order valence-electron chi connectivity index (χ4n) is 3.15. The monoisotopic (exact) mass is 337 g/mol. The molecule has 25 heavy (non-hydrogen) atoms. The minimum atomic E-state index is -0.0667. The summed E-state index contributed by atoms with van der Waals surface area (Å²) in [6.45, 7) is 4.31. The summed E-state index contributed by atoms with van der Waals surface area (Å²) in [4.78, 5) is 29.0. The Kier molecular flexibility index (Phi) is 5.03. The van der Waals surface area contributed by atoms with E-state index in [1.165, 1.54) is 0 Å². The maximum atomic E-state index is 12.7. The summed E-state index contributed by atoms with van der Waals surface area (Å²) in [5.41, 5.74) is 8.71. The summed E-state index contributed by atoms with van der Waals surface area (Å²) in [5, 5.41) is 0. The number of hydrogen-bond acceptors (Lipinski definition) is 3. The molecule has 0 atom stereocenters. The number of hydrogen-bond donors (Lipinski definition) is 1. The normalized spacial score (nSPS) is 14.9. The van der Waals surface area contributed by atoms with Crippen LogP contribution in [0.25, 0.3) is 0 Å². The minimum Gasteiger partial charge on any atom is -0.398 e. The Balaban J connectivity index is 1.69. The van der Waals surface area contributed by atoms with E-state index in [0.29, 0.717) is 43.0 Å². The van der Waals surface area contributed by atoms with Crippen LogP contribution in [0.1, 0.15) is 32.7 Å². The topological polar surface area (TPSA) is 66.6 Å². The van der Waals surface area contributed by atoms with Crippen LogP contribution in [-0.4, -0.2) is 47.8 Å². The molecular formula is C20H23N3O2. The van der Waals surface area contributed by atoms with E-state index in [2.05, 4.69) is 0 Å². The third-order valence-corrected chi connectivity index (χ3v) is 4.53. The van der Waals surface area contributed by atoms with Crippen molar-refractivity contribution >= 4 is 17.5 Å². The molecule has 1 aliphatic rings. The summed E-state index contributed by atoms with van der Waals surface area (Å²) in [6.07, 6.45) is 0.760. The van der Waals surface area contributed by atoms with E-state index in [1.54, 1.807) is 17.0 Å². The van der Waals surface area contributed by atoms with E-state index in [4.69, 9.17) is 5.73 Å². The van der Waals surface area contributed by atoms with Gasteiger partial charge in [-0.25, -0.2) is 0 Å². The first-order valence-corrected chi connectivity index (χ1v) is 8.56. The maximum absolute atomic E-state index is 12.7. The average Bonchev–Trinajstić information content (AvgIpc) is 2.87. The molecule has 0 spiro atoms. The number of rotatable bonds is 2. The number of para-hydroxylation sites is 1. The van der Waals surface area contributed by atoms with E-state index in [-0.39, 0.29) is 11.8 Å². The van der Waals surface area contributed by atoms with Crippen molar-refractivity contribution < 1.29 is 9.59 Å². The molecule has 2 aromatic carbocycles. The third-order valence-electron chi connectivity index (χ3n) is 4.53. The number of anilines is 1. The highest BCUT2D eigenvalue weighted by molar-refractivity contribution is 5.99. The van der Waals surface area contributed by atoms with Crippen molar-refractivity contribution in [3.05, 3.63) is 65.2 Å². The Bertz CT molecular complexity index is 788. The summed E-state index contributed by atoms with van der Waals surface area (Å²) in [5.74, 6) is -0.0415. The molecule has 130 valence electrons. The van der Waals surface area contributed by atoms with Crippen LogP contribution in [0.3, 0.4) is 0 Å². The van der Waals surface area contributed by atoms with Gasteiger partial charge in [0.2, 0.25) is 0 Å². The number of nitrogens with two attached hydrogens (primary N) is 1. The first-order chi connectivity index (χ1) is 12.1. The summed E-state index contributed by atoms with van der Waals surface area (Å²) in [6, 6.07) is 14.7. The van der Waals surface area contributed by atoms with Crippen LogP contribution in [0.5, 0.6) is 0 Å². The van der Waals surface area contributed by atoms with Crippen LogP contribution < -0.4 is 5.73 Å². The van der Waals surface area contributed by atoms with Crippen LogP contribution in [0.15, 0.2) is 48.5 Å². The molecule has 0 saturated carbocycles. The number of carbonyl (C=O) groups excluding carboxylic acids is 2. The molecule has 5 heteroatoms. The average molecular weight is 337 g/mol. The van der Waals surface area contributed by atoms with Gasteiger partial charge < -0.3 is 15.5 Å². The number of carbonyl (C=O) groups is 2. The zero-order valence-electron chi connectivity index (χ0n) is 14.4. The summed E-state index contributed by atoms with van der Waals surface area (Å²) >= 11 is 0. The Morgan fingerprint density at radius 3 is 2.24 bits per heavy atom. The molecule has 3 rings (SSSR count). The van der Waals surface area contributed by atoms with Gasteiger partial charge in [-0.05, 0) is 37.6 Å². The molecule has 2 aromatic rings. The van der Waals surface area contributed by atoms with Crippen molar-refractivity contribution in [2.45, 2.75) is 13.3 Å². The molecule has 2 amide bonds. The van der Waals surface area contributed by atoms with Crippen molar-refractivity contribution in [1.82, 2.24) is 9.80 Å². The number of nitrogen functional groups attached to an aromatic ring is 1. The molecule has 0 aliphatic carbocycles. The summed E-state index contributed by atoms with van der Waals surface area (Å²) < 4.78 is 0. The Hall–Kier alpha value is -2.82. The highest BCUT2D eigenvalue weighted by Crippen LogP contribution is 2.16. The second kappa shape index (κ2) is 7.38. The molecule has 2 N–H and O–H groups in total. The predicted octanol–water partition coefficient (Wildman–Crippen LogP) is 2.57. The fraction of sp³-hybridized carbons (Fsp3) is 0.300. The van der Waals surface area contributed by atoms with Gasteiger partial charge in [0, 0.05) is 37.4 Å². The highest BCUT2D eigenvalue weighted by atomic mass is 16.2. The van der Waals surface area contributed by atoms with Gasteiger partial charge in [0.05, 0.1) is 5.56 Å². The number of benzene rings is 2. The van der Waals surface area contributed by atoms with Gasteiger partial charge in [-0.2, -0.15) is 0 Å². The van der Waals surface area contributed by atoms with Gasteiger partial charge in [0.25, 0.3) is 11.8 Å². The van der Waals surface area contributed by atoms with E-state index < -0.39 is 0 Å². The Labute approximate surface area is 148 Å². The van der Waals surface area contributed by atoms with Crippen molar-refractivity contribution in [3.63, 3.8) is 0 Å². The zero-order chi connectivity index (χ0) is 17.8. The molecule has 1 saturated heterocycles. The molecule has 1 fully saturated rings. The van der Waals surface area contributed by atoms with Crippen LogP contribution in [-0.2, 0) is 0 Å². The standard InChI is InChI=1S/C20H23N3O2/c1-15-6-4-7-16(14-15)19(24)22-10-5-11-23(13-12-22)20(25)17-8-2-3-9-18(17)21/h2-4,6-9,14H,5,10-13,21H2,1H3. The first kappa shape index (κ1) is 17.0. The van der Waals surface area contributed by atoms with E-state index in [9.17, 15) is 9.59 Å². The minimum absolute atomic E-state index is 0.0252. The molecule has 5 nitrogen and oxygen atoms in total. The maximum Gasteiger partial charge on any atom is 0.256 e. The van der Waals surface area contributed by atoms with E-state index in [1.807, 2.05) is 48.2 Å². The third kappa shape index (κ3) is 3.82. The van der Waals surface area contributed by atoms with Gasteiger partial charge in [-0.15, -0.1) is 0 Å². The van der Waals surface area contributed by atoms with Gasteiger partial charge in [-0.1, -0.05) is 29.8 Å². The molecule has 1 heterocycles. The van der Waals surface area contributed by atoms with Gasteiger partial charge >= 0.3 is 0 Å². The zero-order valence-corrected chi connectivity index (χ0v) is 14.4. The van der Waals surface area contributed by atoms with Crippen LogP contribution in [0.2, 0.25) is 0 Å². The van der Waals surface area contributed by atoms with Crippen LogP contribution in [0.4, 0.5) is 5.69 Å². The van der Waals surface area contributed by atoms with E-state index >= 15 is 0 Å². The predicted molar refractivity (Wildman–Crippen MR) is 98.5 cm³/mol. The smallest absolute Gasteiger partial charge is 0.256 e. The molecule has 1 aliphatic heterocycles. The lowest BCUT2D eigenvalue weighted by Crippen LogP contribution is -2.37. The summed E-state index contributed by atoms with van der Waals surface area (Å²) in [7, 11) is 0. The van der Waals surface area contributed by atoms with Gasteiger partial charge in [0.1, 0.15) is 0 Å².